The molecular formula is C10H10N2O3. The average molecular weight is 206 g/mol. The lowest BCUT2D eigenvalue weighted by Crippen LogP contribution is -2.32. The number of benzene rings is 1. The van der Waals surface area contributed by atoms with Crippen LogP contribution in [0.5, 0.6) is 5.75 Å². The van der Waals surface area contributed by atoms with Crippen LogP contribution in [0.25, 0.3) is 0 Å². The lowest BCUT2D eigenvalue weighted by atomic mass is 10.0. The van der Waals surface area contributed by atoms with E-state index in [0.717, 1.165) is 0 Å². The molecule has 4 N–H and O–H groups in total. The predicted molar refractivity (Wildman–Crippen MR) is 52.1 cm³/mol. The summed E-state index contributed by atoms with van der Waals surface area (Å²) in [4.78, 5) is 10.5. The molecule has 5 nitrogen and oxygen atoms in total. The number of carboxylic acids is 1. The van der Waals surface area contributed by atoms with Crippen molar-refractivity contribution in [3.63, 3.8) is 0 Å². The molecule has 0 saturated heterocycles. The van der Waals surface area contributed by atoms with Crippen molar-refractivity contribution in [3.8, 4) is 11.8 Å². The summed E-state index contributed by atoms with van der Waals surface area (Å²) in [5.41, 5.74) is 6.10. The molecule has 0 heterocycles. The number of hydrogen-bond donors (Lipinski definition) is 3. The van der Waals surface area contributed by atoms with Crippen molar-refractivity contribution in [2.45, 2.75) is 12.5 Å². The number of phenols is 1. The summed E-state index contributed by atoms with van der Waals surface area (Å²) in [6.45, 7) is 0. The zero-order chi connectivity index (χ0) is 11.4. The van der Waals surface area contributed by atoms with Gasteiger partial charge < -0.3 is 15.9 Å². The second kappa shape index (κ2) is 4.44. The van der Waals surface area contributed by atoms with Gasteiger partial charge in [0.1, 0.15) is 11.8 Å². The van der Waals surface area contributed by atoms with Crippen LogP contribution >= 0.6 is 0 Å². The Morgan fingerprint density at radius 3 is 2.80 bits per heavy atom. The normalized spacial score (nSPS) is 11.7. The fraction of sp³-hybridized carbons (Fsp3) is 0.200. The highest BCUT2D eigenvalue weighted by molar-refractivity contribution is 5.73. The van der Waals surface area contributed by atoms with Crippen LogP contribution < -0.4 is 5.73 Å². The van der Waals surface area contributed by atoms with E-state index in [1.54, 1.807) is 0 Å². The van der Waals surface area contributed by atoms with Crippen molar-refractivity contribution >= 4 is 5.97 Å². The second-order valence-corrected chi connectivity index (χ2v) is 3.10. The van der Waals surface area contributed by atoms with Crippen LogP contribution in [0, 0.1) is 11.3 Å². The van der Waals surface area contributed by atoms with Crippen molar-refractivity contribution in [2.24, 2.45) is 5.73 Å². The summed E-state index contributed by atoms with van der Waals surface area (Å²) < 4.78 is 0. The van der Waals surface area contributed by atoms with E-state index in [4.69, 9.17) is 21.2 Å². The molecule has 0 radical (unpaired) electrons. The molecular weight excluding hydrogens is 196 g/mol. The summed E-state index contributed by atoms with van der Waals surface area (Å²) in [5, 5.41) is 26.5. The first kappa shape index (κ1) is 11.0. The highest BCUT2D eigenvalue weighted by Gasteiger charge is 2.14. The van der Waals surface area contributed by atoms with Crippen molar-refractivity contribution in [2.75, 3.05) is 0 Å². The van der Waals surface area contributed by atoms with E-state index < -0.39 is 12.0 Å². The number of hydrogen-bond acceptors (Lipinski definition) is 4. The lowest BCUT2D eigenvalue weighted by molar-refractivity contribution is -0.138. The summed E-state index contributed by atoms with van der Waals surface area (Å²) in [5.74, 6) is -1.15. The number of nitrogens with zero attached hydrogens (tertiary/aromatic N) is 1. The van der Waals surface area contributed by atoms with Crippen molar-refractivity contribution < 1.29 is 15.0 Å². The number of carboxylic acid groups (broad SMARTS) is 1. The molecule has 0 fully saturated rings. The maximum absolute atomic E-state index is 10.5. The van der Waals surface area contributed by atoms with E-state index in [0.29, 0.717) is 5.56 Å². The first-order valence-corrected chi connectivity index (χ1v) is 4.25. The van der Waals surface area contributed by atoms with E-state index in [1.807, 2.05) is 6.07 Å². The zero-order valence-electron chi connectivity index (χ0n) is 7.84. The number of nitrogens with two attached hydrogens (primary N) is 1. The molecule has 0 spiro atoms. The van der Waals surface area contributed by atoms with Gasteiger partial charge in [-0.25, -0.2) is 0 Å². The average Bonchev–Trinajstić information content (AvgIpc) is 2.20. The van der Waals surface area contributed by atoms with E-state index in [-0.39, 0.29) is 17.7 Å². The molecule has 5 heteroatoms. The zero-order valence-corrected chi connectivity index (χ0v) is 7.84. The first-order valence-electron chi connectivity index (χ1n) is 4.25. The van der Waals surface area contributed by atoms with Gasteiger partial charge in [0, 0.05) is 0 Å². The van der Waals surface area contributed by atoms with Gasteiger partial charge in [0.15, 0.2) is 0 Å². The van der Waals surface area contributed by atoms with Crippen molar-refractivity contribution in [3.05, 3.63) is 29.3 Å². The fourth-order valence-electron chi connectivity index (χ4n) is 1.17. The molecule has 1 aromatic rings. The van der Waals surface area contributed by atoms with Gasteiger partial charge in [0.05, 0.1) is 11.6 Å². The molecule has 0 bridgehead atoms. The van der Waals surface area contributed by atoms with Gasteiger partial charge in [0.25, 0.3) is 0 Å². The van der Waals surface area contributed by atoms with Gasteiger partial charge in [-0.05, 0) is 24.1 Å². The largest absolute Gasteiger partial charge is 0.508 e. The maximum Gasteiger partial charge on any atom is 0.320 e. The highest BCUT2D eigenvalue weighted by Crippen LogP contribution is 2.16. The molecule has 0 aliphatic rings. The number of rotatable bonds is 3. The number of phenolic OH excluding ortho intramolecular Hbond substituents is 1. The van der Waals surface area contributed by atoms with E-state index >= 15 is 0 Å². The first-order chi connectivity index (χ1) is 7.04. The monoisotopic (exact) mass is 206 g/mol. The molecule has 78 valence electrons. The molecule has 1 unspecified atom stereocenters. The number of aliphatic carboxylic acids is 1. The van der Waals surface area contributed by atoms with Gasteiger partial charge in [0.2, 0.25) is 0 Å². The third kappa shape index (κ3) is 2.69. The molecule has 15 heavy (non-hydrogen) atoms. The SMILES string of the molecule is N#Cc1cc(O)ccc1CC(N)C(=O)O. The van der Waals surface area contributed by atoms with Crippen LogP contribution in [0.2, 0.25) is 0 Å². The Balaban J connectivity index is 2.96. The lowest BCUT2D eigenvalue weighted by Gasteiger charge is -2.07. The Morgan fingerprint density at radius 2 is 2.27 bits per heavy atom. The number of nitriles is 1. The topological polar surface area (TPSA) is 107 Å². The summed E-state index contributed by atoms with van der Waals surface area (Å²) >= 11 is 0. The van der Waals surface area contributed by atoms with Gasteiger partial charge in [-0.3, -0.25) is 4.79 Å². The minimum Gasteiger partial charge on any atom is -0.508 e. The Bertz CT molecular complexity index is 423. The van der Waals surface area contributed by atoms with Crippen LogP contribution in [-0.4, -0.2) is 22.2 Å². The van der Waals surface area contributed by atoms with Gasteiger partial charge in [-0.1, -0.05) is 6.07 Å². The molecule has 1 atom stereocenters. The third-order valence-electron chi connectivity index (χ3n) is 1.97. The second-order valence-electron chi connectivity index (χ2n) is 3.10. The van der Waals surface area contributed by atoms with E-state index in [2.05, 4.69) is 0 Å². The van der Waals surface area contributed by atoms with Crippen molar-refractivity contribution in [1.29, 1.82) is 5.26 Å². The minimum atomic E-state index is -1.12. The summed E-state index contributed by atoms with van der Waals surface area (Å²) in [7, 11) is 0. The quantitative estimate of drug-likeness (QED) is 0.655. The van der Waals surface area contributed by atoms with Gasteiger partial charge >= 0.3 is 5.97 Å². The Labute approximate surface area is 86.4 Å². The summed E-state index contributed by atoms with van der Waals surface area (Å²) in [6.07, 6.45) is 0.0680. The van der Waals surface area contributed by atoms with E-state index in [9.17, 15) is 4.79 Å². The number of aromatic hydroxyl groups is 1. The van der Waals surface area contributed by atoms with Crippen molar-refractivity contribution in [1.82, 2.24) is 0 Å². The van der Waals surface area contributed by atoms with Crippen LogP contribution in [0.1, 0.15) is 11.1 Å². The Hall–Kier alpha value is -2.06. The van der Waals surface area contributed by atoms with Gasteiger partial charge in [-0.15, -0.1) is 0 Å². The minimum absolute atomic E-state index is 0.0285. The molecule has 1 aromatic carbocycles. The van der Waals surface area contributed by atoms with Crippen LogP contribution in [0.3, 0.4) is 0 Å². The fourth-order valence-corrected chi connectivity index (χ4v) is 1.17. The molecule has 0 amide bonds. The molecule has 0 saturated carbocycles. The highest BCUT2D eigenvalue weighted by atomic mass is 16.4. The maximum atomic E-state index is 10.5. The van der Waals surface area contributed by atoms with Crippen LogP contribution in [0.15, 0.2) is 18.2 Å². The standard InChI is InChI=1S/C10H10N2O3/c11-5-7-3-8(13)2-1-6(7)4-9(12)10(14)15/h1-3,9,13H,4,12H2,(H,14,15). The molecule has 0 aliphatic carbocycles. The van der Waals surface area contributed by atoms with E-state index in [1.165, 1.54) is 18.2 Å². The Morgan fingerprint density at radius 1 is 1.60 bits per heavy atom. The summed E-state index contributed by atoms with van der Waals surface area (Å²) in [6, 6.07) is 5.00. The van der Waals surface area contributed by atoms with Crippen LogP contribution in [0.4, 0.5) is 0 Å². The molecule has 1 rings (SSSR count). The Kier molecular flexibility index (Phi) is 3.26. The molecule has 0 aliphatic heterocycles. The smallest absolute Gasteiger partial charge is 0.320 e. The molecule has 0 aromatic heterocycles. The number of carbonyl (C=O) groups is 1. The third-order valence-corrected chi connectivity index (χ3v) is 1.97. The predicted octanol–water partition coefficient (Wildman–Crippen LogP) is 0.218. The van der Waals surface area contributed by atoms with Crippen LogP contribution in [-0.2, 0) is 11.2 Å². The van der Waals surface area contributed by atoms with Gasteiger partial charge in [-0.2, -0.15) is 5.26 Å².